The number of pyridine rings is 1. The first kappa shape index (κ1) is 21.5. The van der Waals surface area contributed by atoms with E-state index in [1.54, 1.807) is 12.1 Å². The van der Waals surface area contributed by atoms with Gasteiger partial charge in [-0.05, 0) is 23.8 Å². The maximum atomic E-state index is 12.9. The molecule has 2 aromatic heterocycles. The van der Waals surface area contributed by atoms with E-state index in [4.69, 9.17) is 27.9 Å². The van der Waals surface area contributed by atoms with Gasteiger partial charge in [0.15, 0.2) is 0 Å². The van der Waals surface area contributed by atoms with E-state index in [1.807, 2.05) is 4.90 Å². The first-order valence-corrected chi connectivity index (χ1v) is 9.96. The SMILES string of the molecule is O=c1[nH]ncc(N2CC[C@@H](Oc3cc(-c4ccc(C(F)(F)F)cc4Cl)ccn3)C2)c1Cl. The molecule has 1 atom stereocenters. The molecule has 6 nitrogen and oxygen atoms in total. The zero-order valence-corrected chi connectivity index (χ0v) is 17.3. The van der Waals surface area contributed by atoms with Gasteiger partial charge in [0.1, 0.15) is 11.1 Å². The highest BCUT2D eigenvalue weighted by molar-refractivity contribution is 6.33. The Bertz CT molecular complexity index is 1170. The van der Waals surface area contributed by atoms with Crippen LogP contribution in [0.15, 0.2) is 47.5 Å². The number of aromatic amines is 1. The minimum atomic E-state index is -4.47. The summed E-state index contributed by atoms with van der Waals surface area (Å²) in [6, 6.07) is 6.47. The Hall–Kier alpha value is -2.78. The minimum absolute atomic E-state index is 0.0181. The van der Waals surface area contributed by atoms with E-state index in [0.717, 1.165) is 12.1 Å². The third-order valence-electron chi connectivity index (χ3n) is 4.89. The number of halogens is 5. The van der Waals surface area contributed by atoms with Gasteiger partial charge in [-0.1, -0.05) is 29.3 Å². The lowest BCUT2D eigenvalue weighted by atomic mass is 10.0. The molecule has 1 saturated heterocycles. The van der Waals surface area contributed by atoms with Crippen molar-refractivity contribution in [3.63, 3.8) is 0 Å². The summed E-state index contributed by atoms with van der Waals surface area (Å²) in [6.07, 6.45) is -1.04. The summed E-state index contributed by atoms with van der Waals surface area (Å²) >= 11 is 12.2. The lowest BCUT2D eigenvalue weighted by molar-refractivity contribution is -0.137. The summed E-state index contributed by atoms with van der Waals surface area (Å²) in [7, 11) is 0. The Morgan fingerprint density at radius 2 is 2.00 bits per heavy atom. The predicted octanol–water partition coefficient (Wildman–Crippen LogP) is 4.82. The number of H-pyrrole nitrogens is 1. The number of hydrogen-bond acceptors (Lipinski definition) is 5. The van der Waals surface area contributed by atoms with Crippen LogP contribution in [0.2, 0.25) is 10.0 Å². The summed E-state index contributed by atoms with van der Waals surface area (Å²) in [5.41, 5.74) is 0.267. The number of aromatic nitrogens is 3. The number of benzene rings is 1. The molecule has 1 aromatic carbocycles. The number of nitrogens with zero attached hydrogens (tertiary/aromatic N) is 3. The molecule has 0 unspecified atom stereocenters. The van der Waals surface area contributed by atoms with Gasteiger partial charge in [0.05, 0.1) is 24.0 Å². The van der Waals surface area contributed by atoms with Crippen LogP contribution in [-0.2, 0) is 6.18 Å². The van der Waals surface area contributed by atoms with E-state index in [2.05, 4.69) is 15.2 Å². The fourth-order valence-corrected chi connectivity index (χ4v) is 3.88. The van der Waals surface area contributed by atoms with Crippen LogP contribution in [-0.4, -0.2) is 34.4 Å². The first-order chi connectivity index (χ1) is 14.7. The fourth-order valence-electron chi connectivity index (χ4n) is 3.38. The van der Waals surface area contributed by atoms with Crippen molar-refractivity contribution in [2.75, 3.05) is 18.0 Å². The van der Waals surface area contributed by atoms with Gasteiger partial charge in [-0.3, -0.25) is 4.79 Å². The van der Waals surface area contributed by atoms with E-state index in [1.165, 1.54) is 18.5 Å². The molecule has 1 fully saturated rings. The molecule has 0 radical (unpaired) electrons. The normalized spacial score (nSPS) is 16.5. The molecule has 0 amide bonds. The maximum absolute atomic E-state index is 12.9. The Balaban J connectivity index is 1.50. The molecular formula is C20H15Cl2F3N4O2. The standard InChI is InChI=1S/C20H15Cl2F3N4O2/c21-15-8-12(20(23,24)25)1-2-14(15)11-3-5-26-17(7-11)31-13-4-6-29(10-13)16-9-27-28-19(30)18(16)22/h1-3,5,7-9,13H,4,6,10H2,(H,28,30)/t13-/m1/s1. The lowest BCUT2D eigenvalue weighted by Gasteiger charge is -2.19. The van der Waals surface area contributed by atoms with Gasteiger partial charge < -0.3 is 9.64 Å². The van der Waals surface area contributed by atoms with Crippen LogP contribution in [0.3, 0.4) is 0 Å². The van der Waals surface area contributed by atoms with Gasteiger partial charge in [0, 0.05) is 35.8 Å². The first-order valence-electron chi connectivity index (χ1n) is 9.20. The van der Waals surface area contributed by atoms with E-state index < -0.39 is 17.3 Å². The molecule has 3 aromatic rings. The average molecular weight is 471 g/mol. The molecule has 3 heterocycles. The molecule has 31 heavy (non-hydrogen) atoms. The predicted molar refractivity (Wildman–Crippen MR) is 111 cm³/mol. The number of rotatable bonds is 4. The monoisotopic (exact) mass is 470 g/mol. The molecule has 1 aliphatic heterocycles. The average Bonchev–Trinajstić information content (AvgIpc) is 3.17. The molecule has 0 saturated carbocycles. The fraction of sp³-hybridized carbons (Fsp3) is 0.250. The van der Waals surface area contributed by atoms with Crippen molar-refractivity contribution in [1.29, 1.82) is 0 Å². The van der Waals surface area contributed by atoms with E-state index in [-0.39, 0.29) is 16.1 Å². The molecule has 1 N–H and O–H groups in total. The molecule has 4 rings (SSSR count). The summed E-state index contributed by atoms with van der Waals surface area (Å²) in [5.74, 6) is 0.315. The minimum Gasteiger partial charge on any atom is -0.472 e. The Labute approximate surface area is 184 Å². The van der Waals surface area contributed by atoms with Crippen LogP contribution in [0.5, 0.6) is 5.88 Å². The van der Waals surface area contributed by atoms with Crippen LogP contribution < -0.4 is 15.2 Å². The second-order valence-corrected chi connectivity index (χ2v) is 7.73. The van der Waals surface area contributed by atoms with Crippen LogP contribution in [0.4, 0.5) is 18.9 Å². The number of nitrogens with one attached hydrogen (secondary N) is 1. The van der Waals surface area contributed by atoms with Crippen molar-refractivity contribution < 1.29 is 17.9 Å². The number of hydrogen-bond donors (Lipinski definition) is 1. The van der Waals surface area contributed by atoms with Crippen molar-refractivity contribution in [2.24, 2.45) is 0 Å². The van der Waals surface area contributed by atoms with Crippen molar-refractivity contribution in [3.8, 4) is 17.0 Å². The Kier molecular flexibility index (Phi) is 5.81. The molecule has 11 heteroatoms. The molecule has 1 aliphatic rings. The quantitative estimate of drug-likeness (QED) is 0.591. The van der Waals surface area contributed by atoms with Crippen molar-refractivity contribution in [3.05, 3.63) is 68.7 Å². The summed E-state index contributed by atoms with van der Waals surface area (Å²) < 4.78 is 44.6. The molecule has 0 aliphatic carbocycles. The highest BCUT2D eigenvalue weighted by atomic mass is 35.5. The van der Waals surface area contributed by atoms with E-state index in [9.17, 15) is 18.0 Å². The van der Waals surface area contributed by atoms with Crippen molar-refractivity contribution in [2.45, 2.75) is 18.7 Å². The topological polar surface area (TPSA) is 71.1 Å². The van der Waals surface area contributed by atoms with Gasteiger partial charge in [-0.25, -0.2) is 10.1 Å². The zero-order valence-electron chi connectivity index (χ0n) is 15.8. The van der Waals surface area contributed by atoms with Gasteiger partial charge in [-0.15, -0.1) is 0 Å². The summed E-state index contributed by atoms with van der Waals surface area (Å²) in [5, 5.41) is 6.09. The molecule has 0 spiro atoms. The zero-order chi connectivity index (χ0) is 22.2. The van der Waals surface area contributed by atoms with E-state index in [0.29, 0.717) is 42.2 Å². The molecular weight excluding hydrogens is 456 g/mol. The van der Waals surface area contributed by atoms with Crippen LogP contribution in [0.25, 0.3) is 11.1 Å². The molecule has 162 valence electrons. The third-order valence-corrected chi connectivity index (χ3v) is 5.57. The third kappa shape index (κ3) is 4.62. The van der Waals surface area contributed by atoms with Crippen LogP contribution in [0, 0.1) is 0 Å². The second kappa shape index (κ2) is 8.39. The number of ether oxygens (including phenoxy) is 1. The Morgan fingerprint density at radius 3 is 2.74 bits per heavy atom. The van der Waals surface area contributed by atoms with Gasteiger partial charge in [-0.2, -0.15) is 18.3 Å². The highest BCUT2D eigenvalue weighted by Gasteiger charge is 2.31. The molecule has 0 bridgehead atoms. The largest absolute Gasteiger partial charge is 0.472 e. The van der Waals surface area contributed by atoms with Gasteiger partial charge in [0.25, 0.3) is 5.56 Å². The van der Waals surface area contributed by atoms with Crippen molar-refractivity contribution in [1.82, 2.24) is 15.2 Å². The van der Waals surface area contributed by atoms with Gasteiger partial charge >= 0.3 is 6.18 Å². The van der Waals surface area contributed by atoms with Crippen molar-refractivity contribution >= 4 is 28.9 Å². The number of anilines is 1. The van der Waals surface area contributed by atoms with Gasteiger partial charge in [0.2, 0.25) is 5.88 Å². The summed E-state index contributed by atoms with van der Waals surface area (Å²) in [6.45, 7) is 1.08. The Morgan fingerprint density at radius 1 is 1.19 bits per heavy atom. The number of alkyl halides is 3. The van der Waals surface area contributed by atoms with Crippen LogP contribution in [0.1, 0.15) is 12.0 Å². The lowest BCUT2D eigenvalue weighted by Crippen LogP contribution is -2.26. The van der Waals surface area contributed by atoms with Crippen LogP contribution >= 0.6 is 23.2 Å². The second-order valence-electron chi connectivity index (χ2n) is 6.95. The summed E-state index contributed by atoms with van der Waals surface area (Å²) in [4.78, 5) is 17.7. The van der Waals surface area contributed by atoms with E-state index >= 15 is 0 Å². The maximum Gasteiger partial charge on any atom is 0.416 e. The smallest absolute Gasteiger partial charge is 0.416 e. The highest BCUT2D eigenvalue weighted by Crippen LogP contribution is 2.36.